The van der Waals surface area contributed by atoms with Crippen molar-refractivity contribution in [3.8, 4) is 0 Å². The van der Waals surface area contributed by atoms with Crippen LogP contribution in [0.1, 0.15) is 34.1 Å². The van der Waals surface area contributed by atoms with Gasteiger partial charge >= 0.3 is 0 Å². The average molecular weight is 159 g/mol. The molecule has 2 nitrogen and oxygen atoms in total. The minimum absolute atomic E-state index is 0.225. The highest BCUT2D eigenvalue weighted by Crippen LogP contribution is 2.04. The molecule has 0 radical (unpaired) electrons. The van der Waals surface area contributed by atoms with Crippen molar-refractivity contribution in [3.63, 3.8) is 0 Å². The van der Waals surface area contributed by atoms with Crippen LogP contribution in [0.3, 0.4) is 0 Å². The van der Waals surface area contributed by atoms with E-state index in [1.54, 1.807) is 0 Å². The summed E-state index contributed by atoms with van der Waals surface area (Å²) in [5.74, 6) is 0.725. The molecular weight excluding hydrogens is 138 g/mol. The maximum absolute atomic E-state index is 8.76. The second-order valence-electron chi connectivity index (χ2n) is 3.78. The van der Waals surface area contributed by atoms with Gasteiger partial charge in [0.05, 0.1) is 6.61 Å². The molecular formula is C9H21NO. The monoisotopic (exact) mass is 159 g/mol. The Kier molecular flexibility index (Phi) is 5.51. The fourth-order valence-electron chi connectivity index (χ4n) is 1.31. The molecule has 0 saturated carbocycles. The predicted molar refractivity (Wildman–Crippen MR) is 48.6 cm³/mol. The van der Waals surface area contributed by atoms with E-state index in [4.69, 9.17) is 5.11 Å². The summed E-state index contributed by atoms with van der Waals surface area (Å²) < 4.78 is 0. The van der Waals surface area contributed by atoms with Crippen molar-refractivity contribution in [1.82, 2.24) is 5.32 Å². The first kappa shape index (κ1) is 10.9. The van der Waals surface area contributed by atoms with Crippen LogP contribution < -0.4 is 5.32 Å². The van der Waals surface area contributed by atoms with Crippen molar-refractivity contribution in [2.45, 2.75) is 46.2 Å². The zero-order valence-electron chi connectivity index (χ0n) is 8.09. The molecule has 0 amide bonds. The number of aliphatic hydroxyl groups is 1. The summed E-state index contributed by atoms with van der Waals surface area (Å²) in [6, 6.07) is 0.737. The van der Waals surface area contributed by atoms with Gasteiger partial charge in [0.1, 0.15) is 0 Å². The molecule has 0 aliphatic carbocycles. The third-order valence-corrected chi connectivity index (χ3v) is 1.67. The Morgan fingerprint density at radius 2 is 1.64 bits per heavy atom. The number of rotatable bonds is 5. The summed E-state index contributed by atoms with van der Waals surface area (Å²) in [7, 11) is 0. The van der Waals surface area contributed by atoms with Crippen LogP contribution in [0.15, 0.2) is 0 Å². The Bertz CT molecular complexity index is 93.6. The molecule has 0 aliphatic rings. The molecule has 0 rings (SSSR count). The Morgan fingerprint density at radius 3 is 2.00 bits per heavy atom. The standard InChI is InChI=1S/C9H21NO/c1-7(2)5-8(3)10-9(4)6-11/h7-11H,5-6H2,1-4H3/t8?,9-/m0/s1. The van der Waals surface area contributed by atoms with Crippen LogP contribution in [0.2, 0.25) is 0 Å². The van der Waals surface area contributed by atoms with Gasteiger partial charge in [-0.2, -0.15) is 0 Å². The third kappa shape index (κ3) is 6.32. The fourth-order valence-corrected chi connectivity index (χ4v) is 1.31. The molecule has 68 valence electrons. The SMILES string of the molecule is CC(C)CC(C)N[C@@H](C)CO. The molecule has 0 bridgehead atoms. The molecule has 0 heterocycles. The highest BCUT2D eigenvalue weighted by molar-refractivity contribution is 4.67. The topological polar surface area (TPSA) is 32.3 Å². The van der Waals surface area contributed by atoms with Crippen LogP contribution >= 0.6 is 0 Å². The van der Waals surface area contributed by atoms with Gasteiger partial charge in [0.25, 0.3) is 0 Å². The fraction of sp³-hybridized carbons (Fsp3) is 1.00. The molecule has 1 unspecified atom stereocenters. The van der Waals surface area contributed by atoms with Crippen molar-refractivity contribution in [2.24, 2.45) is 5.92 Å². The summed E-state index contributed by atoms with van der Waals surface area (Å²) >= 11 is 0. The molecule has 0 spiro atoms. The second-order valence-corrected chi connectivity index (χ2v) is 3.78. The van der Waals surface area contributed by atoms with Gasteiger partial charge in [-0.3, -0.25) is 0 Å². The number of nitrogens with one attached hydrogen (secondary N) is 1. The lowest BCUT2D eigenvalue weighted by Crippen LogP contribution is -2.37. The lowest BCUT2D eigenvalue weighted by Gasteiger charge is -2.19. The Balaban J connectivity index is 3.43. The highest BCUT2D eigenvalue weighted by Gasteiger charge is 2.07. The number of hydrogen-bond donors (Lipinski definition) is 2. The Hall–Kier alpha value is -0.0800. The molecule has 11 heavy (non-hydrogen) atoms. The van der Waals surface area contributed by atoms with Crippen LogP contribution in [0, 0.1) is 5.92 Å². The van der Waals surface area contributed by atoms with Crippen molar-refractivity contribution < 1.29 is 5.11 Å². The minimum atomic E-state index is 0.225. The molecule has 0 aliphatic heterocycles. The largest absolute Gasteiger partial charge is 0.395 e. The minimum Gasteiger partial charge on any atom is -0.395 e. The highest BCUT2D eigenvalue weighted by atomic mass is 16.3. The van der Waals surface area contributed by atoms with Gasteiger partial charge in [-0.1, -0.05) is 13.8 Å². The smallest absolute Gasteiger partial charge is 0.0582 e. The van der Waals surface area contributed by atoms with Crippen molar-refractivity contribution in [1.29, 1.82) is 0 Å². The molecule has 2 N–H and O–H groups in total. The summed E-state index contributed by atoms with van der Waals surface area (Å²) in [5, 5.41) is 12.1. The Morgan fingerprint density at radius 1 is 1.09 bits per heavy atom. The van der Waals surface area contributed by atoms with E-state index in [9.17, 15) is 0 Å². The molecule has 0 aromatic rings. The van der Waals surface area contributed by atoms with Crippen molar-refractivity contribution in [2.75, 3.05) is 6.61 Å². The van der Waals surface area contributed by atoms with Crippen LogP contribution in [-0.4, -0.2) is 23.8 Å². The third-order valence-electron chi connectivity index (χ3n) is 1.67. The lowest BCUT2D eigenvalue weighted by atomic mass is 10.0. The van der Waals surface area contributed by atoms with E-state index in [1.165, 1.54) is 6.42 Å². The van der Waals surface area contributed by atoms with E-state index in [0.717, 1.165) is 5.92 Å². The van der Waals surface area contributed by atoms with E-state index >= 15 is 0 Å². The van der Waals surface area contributed by atoms with E-state index < -0.39 is 0 Å². The van der Waals surface area contributed by atoms with E-state index in [-0.39, 0.29) is 12.6 Å². The molecule has 2 heteroatoms. The van der Waals surface area contributed by atoms with Crippen LogP contribution in [0.25, 0.3) is 0 Å². The van der Waals surface area contributed by atoms with E-state index in [0.29, 0.717) is 6.04 Å². The number of hydrogen-bond acceptors (Lipinski definition) is 2. The quantitative estimate of drug-likeness (QED) is 0.635. The van der Waals surface area contributed by atoms with Gasteiger partial charge in [0, 0.05) is 12.1 Å². The molecule has 0 aromatic heterocycles. The predicted octanol–water partition coefficient (Wildman–Crippen LogP) is 1.39. The molecule has 2 atom stereocenters. The second kappa shape index (κ2) is 5.56. The van der Waals surface area contributed by atoms with Gasteiger partial charge in [-0.05, 0) is 26.2 Å². The Labute approximate surface area is 70.0 Å². The zero-order valence-corrected chi connectivity index (χ0v) is 8.09. The van der Waals surface area contributed by atoms with Crippen molar-refractivity contribution >= 4 is 0 Å². The van der Waals surface area contributed by atoms with Gasteiger partial charge in [0.2, 0.25) is 0 Å². The van der Waals surface area contributed by atoms with Crippen LogP contribution in [0.4, 0.5) is 0 Å². The maximum Gasteiger partial charge on any atom is 0.0582 e. The summed E-state index contributed by atoms with van der Waals surface area (Å²) in [4.78, 5) is 0. The lowest BCUT2D eigenvalue weighted by molar-refractivity contribution is 0.237. The average Bonchev–Trinajstić information content (AvgIpc) is 1.85. The summed E-state index contributed by atoms with van der Waals surface area (Å²) in [6.45, 7) is 8.80. The number of aliphatic hydroxyl groups excluding tert-OH is 1. The first-order valence-electron chi connectivity index (χ1n) is 4.43. The van der Waals surface area contributed by atoms with E-state index in [2.05, 4.69) is 26.1 Å². The van der Waals surface area contributed by atoms with Crippen LogP contribution in [0.5, 0.6) is 0 Å². The van der Waals surface area contributed by atoms with E-state index in [1.807, 2.05) is 6.92 Å². The first-order valence-corrected chi connectivity index (χ1v) is 4.43. The summed E-state index contributed by atoms with van der Waals surface area (Å²) in [5.41, 5.74) is 0. The first-order chi connectivity index (χ1) is 5.06. The van der Waals surface area contributed by atoms with Crippen LogP contribution in [-0.2, 0) is 0 Å². The maximum atomic E-state index is 8.76. The normalized spacial score (nSPS) is 16.9. The summed E-state index contributed by atoms with van der Waals surface area (Å²) in [6.07, 6.45) is 1.17. The van der Waals surface area contributed by atoms with Gasteiger partial charge in [0.15, 0.2) is 0 Å². The zero-order chi connectivity index (χ0) is 8.85. The van der Waals surface area contributed by atoms with Crippen molar-refractivity contribution in [3.05, 3.63) is 0 Å². The van der Waals surface area contributed by atoms with Gasteiger partial charge < -0.3 is 10.4 Å². The molecule has 0 saturated heterocycles. The van der Waals surface area contributed by atoms with Gasteiger partial charge in [-0.15, -0.1) is 0 Å². The molecule has 0 fully saturated rings. The van der Waals surface area contributed by atoms with Gasteiger partial charge in [-0.25, -0.2) is 0 Å². The molecule has 0 aromatic carbocycles.